The SMILES string of the molecule is Cc1cc(C(=O)NC[C@H]2CC(=O)N(C3CCCC3)C2)cc(C)n1. The monoisotopic (exact) mass is 315 g/mol. The molecule has 2 aliphatic rings. The van der Waals surface area contributed by atoms with Crippen molar-refractivity contribution in [2.45, 2.75) is 52.0 Å². The lowest BCUT2D eigenvalue weighted by Gasteiger charge is -2.24. The van der Waals surface area contributed by atoms with Gasteiger partial charge in [-0.25, -0.2) is 0 Å². The van der Waals surface area contributed by atoms with Crippen molar-refractivity contribution in [2.24, 2.45) is 5.92 Å². The first-order chi connectivity index (χ1) is 11.0. The van der Waals surface area contributed by atoms with E-state index in [1.54, 1.807) is 12.1 Å². The zero-order valence-electron chi connectivity index (χ0n) is 14.0. The van der Waals surface area contributed by atoms with E-state index in [0.29, 0.717) is 24.6 Å². The van der Waals surface area contributed by atoms with Crippen molar-refractivity contribution in [1.82, 2.24) is 15.2 Å². The van der Waals surface area contributed by atoms with Crippen LogP contribution < -0.4 is 5.32 Å². The average molecular weight is 315 g/mol. The van der Waals surface area contributed by atoms with Crippen LogP contribution in [0.3, 0.4) is 0 Å². The number of pyridine rings is 1. The molecule has 0 aromatic carbocycles. The second kappa shape index (κ2) is 6.69. The van der Waals surface area contributed by atoms with Crippen molar-refractivity contribution in [1.29, 1.82) is 0 Å². The number of aromatic nitrogens is 1. The van der Waals surface area contributed by atoms with E-state index < -0.39 is 0 Å². The molecular formula is C18H25N3O2. The summed E-state index contributed by atoms with van der Waals surface area (Å²) >= 11 is 0. The minimum absolute atomic E-state index is 0.0784. The second-order valence-corrected chi connectivity index (χ2v) is 6.90. The van der Waals surface area contributed by atoms with Crippen LogP contribution in [0.2, 0.25) is 0 Å². The van der Waals surface area contributed by atoms with Crippen LogP contribution in [-0.4, -0.2) is 40.8 Å². The number of hydrogen-bond acceptors (Lipinski definition) is 3. The highest BCUT2D eigenvalue weighted by Crippen LogP contribution is 2.29. The van der Waals surface area contributed by atoms with E-state index in [1.807, 2.05) is 18.7 Å². The molecule has 3 rings (SSSR count). The Morgan fingerprint density at radius 3 is 2.57 bits per heavy atom. The van der Waals surface area contributed by atoms with Crippen molar-refractivity contribution < 1.29 is 9.59 Å². The van der Waals surface area contributed by atoms with Gasteiger partial charge in [0.05, 0.1) is 0 Å². The van der Waals surface area contributed by atoms with E-state index in [4.69, 9.17) is 0 Å². The molecule has 1 saturated carbocycles. The molecule has 1 N–H and O–H groups in total. The zero-order chi connectivity index (χ0) is 16.4. The molecule has 23 heavy (non-hydrogen) atoms. The average Bonchev–Trinajstić information content (AvgIpc) is 3.12. The molecule has 1 aliphatic heterocycles. The molecule has 2 heterocycles. The Labute approximate surface area is 137 Å². The fraction of sp³-hybridized carbons (Fsp3) is 0.611. The Morgan fingerprint density at radius 2 is 1.91 bits per heavy atom. The first-order valence-corrected chi connectivity index (χ1v) is 8.56. The van der Waals surface area contributed by atoms with E-state index in [0.717, 1.165) is 30.8 Å². The number of nitrogens with one attached hydrogen (secondary N) is 1. The number of aryl methyl sites for hydroxylation is 2. The van der Waals surface area contributed by atoms with Gasteiger partial charge in [0.2, 0.25) is 5.91 Å². The van der Waals surface area contributed by atoms with Gasteiger partial charge < -0.3 is 10.2 Å². The summed E-state index contributed by atoms with van der Waals surface area (Å²) in [5, 5.41) is 2.98. The third-order valence-corrected chi connectivity index (χ3v) is 4.90. The van der Waals surface area contributed by atoms with E-state index in [9.17, 15) is 9.59 Å². The van der Waals surface area contributed by atoms with Crippen LogP contribution in [0, 0.1) is 19.8 Å². The highest BCUT2D eigenvalue weighted by Gasteiger charge is 2.35. The number of hydrogen-bond donors (Lipinski definition) is 1. The summed E-state index contributed by atoms with van der Waals surface area (Å²) in [6.45, 7) is 5.13. The van der Waals surface area contributed by atoms with Gasteiger partial charge >= 0.3 is 0 Å². The quantitative estimate of drug-likeness (QED) is 0.926. The Balaban J connectivity index is 1.54. The Bertz CT molecular complexity index is 588. The number of nitrogens with zero attached hydrogens (tertiary/aromatic N) is 2. The van der Waals surface area contributed by atoms with E-state index >= 15 is 0 Å². The summed E-state index contributed by atoms with van der Waals surface area (Å²) in [6, 6.07) is 4.04. The lowest BCUT2D eigenvalue weighted by atomic mass is 10.1. The van der Waals surface area contributed by atoms with Gasteiger partial charge in [-0.3, -0.25) is 14.6 Å². The molecule has 5 nitrogen and oxygen atoms in total. The lowest BCUT2D eigenvalue weighted by molar-refractivity contribution is -0.129. The van der Waals surface area contributed by atoms with Gasteiger partial charge in [-0.15, -0.1) is 0 Å². The molecule has 1 saturated heterocycles. The van der Waals surface area contributed by atoms with Crippen molar-refractivity contribution in [3.63, 3.8) is 0 Å². The number of likely N-dealkylation sites (tertiary alicyclic amines) is 1. The molecule has 5 heteroatoms. The normalized spacial score (nSPS) is 21.9. The fourth-order valence-electron chi connectivity index (χ4n) is 3.82. The van der Waals surface area contributed by atoms with Gasteiger partial charge in [0.15, 0.2) is 0 Å². The molecule has 1 aromatic rings. The summed E-state index contributed by atoms with van der Waals surface area (Å²) in [7, 11) is 0. The minimum atomic E-state index is -0.0784. The fourth-order valence-corrected chi connectivity index (χ4v) is 3.82. The molecule has 1 atom stereocenters. The van der Waals surface area contributed by atoms with Gasteiger partial charge in [0.1, 0.15) is 0 Å². The highest BCUT2D eigenvalue weighted by molar-refractivity contribution is 5.94. The van der Waals surface area contributed by atoms with Gasteiger partial charge in [-0.1, -0.05) is 12.8 Å². The molecule has 0 unspecified atom stereocenters. The number of carbonyl (C=O) groups is 2. The lowest BCUT2D eigenvalue weighted by Crippen LogP contribution is -2.36. The molecule has 2 amide bonds. The van der Waals surface area contributed by atoms with Gasteiger partial charge in [0.25, 0.3) is 5.91 Å². The molecular weight excluding hydrogens is 290 g/mol. The van der Waals surface area contributed by atoms with E-state index in [2.05, 4.69) is 10.3 Å². The largest absolute Gasteiger partial charge is 0.352 e. The molecule has 0 bridgehead atoms. The Morgan fingerprint density at radius 1 is 1.26 bits per heavy atom. The summed E-state index contributed by atoms with van der Waals surface area (Å²) in [4.78, 5) is 30.8. The Hall–Kier alpha value is -1.91. The topological polar surface area (TPSA) is 62.3 Å². The maximum atomic E-state index is 12.3. The summed E-state index contributed by atoms with van der Waals surface area (Å²) in [5.41, 5.74) is 2.34. The Kier molecular flexibility index (Phi) is 4.64. The van der Waals surface area contributed by atoms with Crippen LogP contribution in [0.1, 0.15) is 53.8 Å². The maximum absolute atomic E-state index is 12.3. The maximum Gasteiger partial charge on any atom is 0.251 e. The van der Waals surface area contributed by atoms with Crippen LogP contribution in [-0.2, 0) is 4.79 Å². The van der Waals surface area contributed by atoms with Gasteiger partial charge in [0, 0.05) is 48.4 Å². The smallest absolute Gasteiger partial charge is 0.251 e. The molecule has 2 fully saturated rings. The third kappa shape index (κ3) is 3.71. The zero-order valence-corrected chi connectivity index (χ0v) is 14.0. The van der Waals surface area contributed by atoms with Crippen LogP contribution in [0.15, 0.2) is 12.1 Å². The van der Waals surface area contributed by atoms with Gasteiger partial charge in [-0.2, -0.15) is 0 Å². The number of carbonyl (C=O) groups excluding carboxylic acids is 2. The number of amides is 2. The van der Waals surface area contributed by atoms with Crippen LogP contribution in [0.4, 0.5) is 0 Å². The molecule has 0 radical (unpaired) electrons. The summed E-state index contributed by atoms with van der Waals surface area (Å²) in [5.74, 6) is 0.410. The van der Waals surface area contributed by atoms with Crippen LogP contribution in [0.25, 0.3) is 0 Å². The first-order valence-electron chi connectivity index (χ1n) is 8.56. The van der Waals surface area contributed by atoms with Crippen LogP contribution >= 0.6 is 0 Å². The van der Waals surface area contributed by atoms with Crippen molar-refractivity contribution in [3.8, 4) is 0 Å². The van der Waals surface area contributed by atoms with E-state index in [1.165, 1.54) is 12.8 Å². The van der Waals surface area contributed by atoms with Crippen molar-refractivity contribution in [2.75, 3.05) is 13.1 Å². The summed E-state index contributed by atoms with van der Waals surface area (Å²) < 4.78 is 0. The first kappa shape index (κ1) is 16.0. The molecule has 124 valence electrons. The third-order valence-electron chi connectivity index (χ3n) is 4.90. The predicted octanol–water partition coefficient (Wildman–Crippen LogP) is 2.22. The second-order valence-electron chi connectivity index (χ2n) is 6.90. The number of rotatable bonds is 4. The summed E-state index contributed by atoms with van der Waals surface area (Å²) in [6.07, 6.45) is 5.30. The predicted molar refractivity (Wildman–Crippen MR) is 88.1 cm³/mol. The van der Waals surface area contributed by atoms with Crippen molar-refractivity contribution >= 4 is 11.8 Å². The standard InChI is InChI=1S/C18H25N3O2/c1-12-7-15(8-13(2)20-12)18(23)19-10-14-9-17(22)21(11-14)16-5-3-4-6-16/h7-8,14,16H,3-6,9-11H2,1-2H3,(H,19,23)/t14-/m1/s1. The highest BCUT2D eigenvalue weighted by atomic mass is 16.2. The van der Waals surface area contributed by atoms with E-state index in [-0.39, 0.29) is 17.7 Å². The van der Waals surface area contributed by atoms with Crippen molar-refractivity contribution in [3.05, 3.63) is 29.1 Å². The molecule has 1 aliphatic carbocycles. The molecule has 1 aromatic heterocycles. The van der Waals surface area contributed by atoms with Crippen LogP contribution in [0.5, 0.6) is 0 Å². The van der Waals surface area contributed by atoms with Gasteiger partial charge in [-0.05, 0) is 38.8 Å². The molecule has 0 spiro atoms. The minimum Gasteiger partial charge on any atom is -0.352 e.